The van der Waals surface area contributed by atoms with Gasteiger partial charge >= 0.3 is 5.56 Å². The van der Waals surface area contributed by atoms with Crippen LogP contribution >= 0.6 is 0 Å². The van der Waals surface area contributed by atoms with Gasteiger partial charge in [0.05, 0.1) is 5.56 Å². The molecule has 2 rings (SSSR count). The van der Waals surface area contributed by atoms with Crippen molar-refractivity contribution in [2.24, 2.45) is 14.1 Å². The van der Waals surface area contributed by atoms with Crippen molar-refractivity contribution in [3.8, 4) is 16.9 Å². The minimum absolute atomic E-state index is 0.0746. The summed E-state index contributed by atoms with van der Waals surface area (Å²) in [5.41, 5.74) is 2.54. The summed E-state index contributed by atoms with van der Waals surface area (Å²) in [4.78, 5) is 24.4. The largest absolute Gasteiger partial charge is 0.502 e. The molecule has 0 aliphatic rings. The summed E-state index contributed by atoms with van der Waals surface area (Å²) in [7, 11) is 2.95. The van der Waals surface area contributed by atoms with Crippen molar-refractivity contribution < 1.29 is 5.11 Å². The van der Waals surface area contributed by atoms with Crippen molar-refractivity contribution in [1.29, 1.82) is 0 Å². The van der Waals surface area contributed by atoms with Gasteiger partial charge in [0, 0.05) is 14.1 Å². The van der Waals surface area contributed by atoms with E-state index in [1.807, 2.05) is 32.9 Å². The Hall–Kier alpha value is -2.30. The lowest BCUT2D eigenvalue weighted by Gasteiger charge is -2.15. The molecule has 106 valence electrons. The smallest absolute Gasteiger partial charge is 0.307 e. The van der Waals surface area contributed by atoms with E-state index < -0.39 is 11.3 Å². The summed E-state index contributed by atoms with van der Waals surface area (Å²) in [6.45, 7) is 5.70. The quantitative estimate of drug-likeness (QED) is 0.854. The SMILES string of the molecule is Cc1cc(C)c(-c2c(O)c(=O)n(C)n(C)c2=O)c(C)c1. The molecule has 0 atom stereocenters. The van der Waals surface area contributed by atoms with Crippen LogP contribution < -0.4 is 11.1 Å². The number of benzene rings is 1. The second-order valence-corrected chi connectivity index (χ2v) is 5.15. The van der Waals surface area contributed by atoms with Crippen molar-refractivity contribution in [2.75, 3.05) is 0 Å². The second kappa shape index (κ2) is 4.67. The summed E-state index contributed by atoms with van der Waals surface area (Å²) in [5.74, 6) is -0.495. The summed E-state index contributed by atoms with van der Waals surface area (Å²) in [6, 6.07) is 3.86. The summed E-state index contributed by atoms with van der Waals surface area (Å²) < 4.78 is 2.30. The molecule has 1 aromatic heterocycles. The Balaban J connectivity index is 2.99. The standard InChI is InChI=1S/C15H18N2O3/c1-8-6-9(2)11(10(3)7-8)12-13(18)15(20)17(5)16(4)14(12)19/h6-7,18H,1-5H3. The van der Waals surface area contributed by atoms with E-state index in [1.54, 1.807) is 0 Å². The molecule has 0 spiro atoms. The average molecular weight is 274 g/mol. The second-order valence-electron chi connectivity index (χ2n) is 5.15. The number of aryl methyl sites for hydroxylation is 3. The summed E-state index contributed by atoms with van der Waals surface area (Å²) in [5, 5.41) is 10.1. The van der Waals surface area contributed by atoms with Crippen molar-refractivity contribution in [1.82, 2.24) is 9.36 Å². The molecule has 0 bridgehead atoms. The topological polar surface area (TPSA) is 64.2 Å². The predicted molar refractivity (Wildman–Crippen MR) is 78.2 cm³/mol. The Kier molecular flexibility index (Phi) is 3.29. The maximum absolute atomic E-state index is 12.4. The first-order valence-corrected chi connectivity index (χ1v) is 6.33. The highest BCUT2D eigenvalue weighted by Gasteiger charge is 2.20. The molecule has 5 heteroatoms. The van der Waals surface area contributed by atoms with Crippen molar-refractivity contribution in [3.05, 3.63) is 49.5 Å². The van der Waals surface area contributed by atoms with E-state index in [0.29, 0.717) is 5.56 Å². The third-order valence-corrected chi connectivity index (χ3v) is 3.62. The number of aromatic nitrogens is 2. The van der Waals surface area contributed by atoms with Gasteiger partial charge in [-0.1, -0.05) is 17.7 Å². The van der Waals surface area contributed by atoms with Gasteiger partial charge < -0.3 is 5.11 Å². The Bertz CT molecular complexity index is 790. The summed E-state index contributed by atoms with van der Waals surface area (Å²) in [6.07, 6.45) is 0. The van der Waals surface area contributed by atoms with Gasteiger partial charge in [0.15, 0.2) is 5.75 Å². The van der Waals surface area contributed by atoms with E-state index in [9.17, 15) is 14.7 Å². The van der Waals surface area contributed by atoms with E-state index >= 15 is 0 Å². The van der Waals surface area contributed by atoms with Crippen molar-refractivity contribution in [2.45, 2.75) is 20.8 Å². The van der Waals surface area contributed by atoms with Gasteiger partial charge in [-0.3, -0.25) is 14.3 Å². The monoisotopic (exact) mass is 274 g/mol. The highest BCUT2D eigenvalue weighted by Crippen LogP contribution is 2.29. The molecule has 1 aromatic carbocycles. The van der Waals surface area contributed by atoms with Crippen LogP contribution in [0.2, 0.25) is 0 Å². The first-order chi connectivity index (χ1) is 9.25. The fourth-order valence-corrected chi connectivity index (χ4v) is 2.60. The molecule has 1 heterocycles. The molecule has 5 nitrogen and oxygen atoms in total. The van der Waals surface area contributed by atoms with Crippen LogP contribution in [-0.2, 0) is 14.1 Å². The third-order valence-electron chi connectivity index (χ3n) is 3.62. The molecular weight excluding hydrogens is 256 g/mol. The van der Waals surface area contributed by atoms with E-state index in [0.717, 1.165) is 21.4 Å². The fourth-order valence-electron chi connectivity index (χ4n) is 2.60. The molecule has 0 radical (unpaired) electrons. The normalized spacial score (nSPS) is 10.8. The Morgan fingerprint density at radius 1 is 0.850 bits per heavy atom. The Labute approximate surface area is 116 Å². The van der Waals surface area contributed by atoms with Gasteiger partial charge in [-0.2, -0.15) is 0 Å². The highest BCUT2D eigenvalue weighted by molar-refractivity contribution is 5.75. The van der Waals surface area contributed by atoms with Gasteiger partial charge in [0.25, 0.3) is 5.56 Å². The molecule has 0 aliphatic carbocycles. The molecule has 0 saturated carbocycles. The van der Waals surface area contributed by atoms with Gasteiger partial charge in [-0.25, -0.2) is 4.68 Å². The Morgan fingerprint density at radius 2 is 1.30 bits per heavy atom. The maximum atomic E-state index is 12.4. The zero-order chi connectivity index (χ0) is 15.2. The molecule has 0 aliphatic heterocycles. The number of hydrogen-bond acceptors (Lipinski definition) is 3. The molecule has 1 N–H and O–H groups in total. The number of aromatic hydroxyl groups is 1. The first kappa shape index (κ1) is 14.1. The number of hydrogen-bond donors (Lipinski definition) is 1. The van der Waals surface area contributed by atoms with Gasteiger partial charge in [-0.05, 0) is 37.5 Å². The number of nitrogens with zero attached hydrogens (tertiary/aromatic N) is 2. The summed E-state index contributed by atoms with van der Waals surface area (Å²) >= 11 is 0. The van der Waals surface area contributed by atoms with Gasteiger partial charge in [-0.15, -0.1) is 0 Å². The third kappa shape index (κ3) is 1.95. The fraction of sp³-hybridized carbons (Fsp3) is 0.333. The number of rotatable bonds is 1. The lowest BCUT2D eigenvalue weighted by atomic mass is 9.94. The molecule has 0 amide bonds. The molecule has 0 saturated heterocycles. The van der Waals surface area contributed by atoms with Crippen LogP contribution in [0.25, 0.3) is 11.1 Å². The first-order valence-electron chi connectivity index (χ1n) is 6.33. The van der Waals surface area contributed by atoms with Gasteiger partial charge in [0.1, 0.15) is 0 Å². The maximum Gasteiger partial charge on any atom is 0.307 e. The average Bonchev–Trinajstić information content (AvgIpc) is 2.37. The van der Waals surface area contributed by atoms with Crippen LogP contribution in [0, 0.1) is 20.8 Å². The van der Waals surface area contributed by atoms with E-state index in [-0.39, 0.29) is 11.1 Å². The zero-order valence-electron chi connectivity index (χ0n) is 12.3. The van der Waals surface area contributed by atoms with Crippen molar-refractivity contribution in [3.63, 3.8) is 0 Å². The molecule has 2 aromatic rings. The van der Waals surface area contributed by atoms with E-state index in [4.69, 9.17) is 0 Å². The van der Waals surface area contributed by atoms with Crippen LogP contribution in [0.3, 0.4) is 0 Å². The van der Waals surface area contributed by atoms with Gasteiger partial charge in [0.2, 0.25) is 0 Å². The van der Waals surface area contributed by atoms with Crippen LogP contribution in [0.15, 0.2) is 21.7 Å². The van der Waals surface area contributed by atoms with E-state index in [1.165, 1.54) is 18.8 Å². The van der Waals surface area contributed by atoms with Crippen LogP contribution in [0.1, 0.15) is 16.7 Å². The molecular formula is C15H18N2O3. The zero-order valence-corrected chi connectivity index (χ0v) is 12.3. The van der Waals surface area contributed by atoms with Crippen LogP contribution in [0.4, 0.5) is 0 Å². The lowest BCUT2D eigenvalue weighted by Crippen LogP contribution is -2.36. The minimum Gasteiger partial charge on any atom is -0.502 e. The predicted octanol–water partition coefficient (Wildman–Crippen LogP) is 1.38. The van der Waals surface area contributed by atoms with E-state index in [2.05, 4.69) is 0 Å². The van der Waals surface area contributed by atoms with Crippen molar-refractivity contribution >= 4 is 0 Å². The lowest BCUT2D eigenvalue weighted by molar-refractivity contribution is 0.435. The minimum atomic E-state index is -0.582. The molecule has 0 unspecified atom stereocenters. The van der Waals surface area contributed by atoms with Crippen LogP contribution in [0.5, 0.6) is 5.75 Å². The van der Waals surface area contributed by atoms with Crippen LogP contribution in [-0.4, -0.2) is 14.5 Å². The molecule has 0 fully saturated rings. The highest BCUT2D eigenvalue weighted by atomic mass is 16.3. The molecule has 20 heavy (non-hydrogen) atoms. The Morgan fingerprint density at radius 3 is 1.80 bits per heavy atom.